The van der Waals surface area contributed by atoms with Crippen molar-refractivity contribution in [2.45, 2.75) is 62.8 Å². The molecule has 3 aliphatic heterocycles. The molecule has 5 atom stereocenters. The molecule has 8 heteroatoms. The molecule has 0 spiro atoms. The summed E-state index contributed by atoms with van der Waals surface area (Å²) in [6, 6.07) is 5.79. The smallest absolute Gasteiger partial charge is 0.125 e. The molecule has 188 valence electrons. The van der Waals surface area contributed by atoms with Crippen molar-refractivity contribution in [1.29, 1.82) is 0 Å². The Balaban J connectivity index is 1.13. The number of aromatic nitrogens is 2. The van der Waals surface area contributed by atoms with Crippen molar-refractivity contribution in [3.63, 3.8) is 0 Å². The van der Waals surface area contributed by atoms with Gasteiger partial charge in [-0.1, -0.05) is 19.1 Å². The number of aryl methyl sites for hydroxylation is 1. The highest BCUT2D eigenvalue weighted by atomic mass is 19.1. The summed E-state index contributed by atoms with van der Waals surface area (Å²) in [5.41, 5.74) is 11.1. The SMILES string of the molecule is CCc1cc(O)ccc1C1CCC2C(c3ncc(C4=CCN(C5CN(C)C5)CC4)[nH]3)NNC2C1F. The molecule has 0 amide bonds. The maximum absolute atomic E-state index is 15.8. The lowest BCUT2D eigenvalue weighted by atomic mass is 9.71. The first kappa shape index (κ1) is 23.2. The first-order valence-electron chi connectivity index (χ1n) is 13.2. The highest BCUT2D eigenvalue weighted by Crippen LogP contribution is 2.45. The number of halogens is 1. The molecule has 4 aliphatic rings. The summed E-state index contributed by atoms with van der Waals surface area (Å²) in [6.45, 7) is 6.49. The fourth-order valence-electron chi connectivity index (χ4n) is 6.73. The molecule has 1 aliphatic carbocycles. The van der Waals surface area contributed by atoms with Gasteiger partial charge in [-0.25, -0.2) is 14.8 Å². The van der Waals surface area contributed by atoms with Crippen molar-refractivity contribution < 1.29 is 9.50 Å². The molecular formula is C27H37FN6O. The maximum atomic E-state index is 15.8. The number of fused-ring (bicyclic) bond motifs is 1. The summed E-state index contributed by atoms with van der Waals surface area (Å²) >= 11 is 0. The molecule has 4 heterocycles. The molecule has 1 saturated carbocycles. The lowest BCUT2D eigenvalue weighted by Crippen LogP contribution is -2.58. The average Bonchev–Trinajstić information content (AvgIpc) is 3.50. The van der Waals surface area contributed by atoms with Gasteiger partial charge in [-0.05, 0) is 61.6 Å². The van der Waals surface area contributed by atoms with Crippen LogP contribution in [0.25, 0.3) is 5.57 Å². The van der Waals surface area contributed by atoms with Crippen LogP contribution in [0.3, 0.4) is 0 Å². The average molecular weight is 481 g/mol. The minimum absolute atomic E-state index is 0.0235. The van der Waals surface area contributed by atoms with Gasteiger partial charge in [0, 0.05) is 44.1 Å². The van der Waals surface area contributed by atoms with E-state index in [1.165, 1.54) is 18.7 Å². The van der Waals surface area contributed by atoms with Crippen LogP contribution in [-0.2, 0) is 6.42 Å². The van der Waals surface area contributed by atoms with E-state index >= 15 is 4.39 Å². The molecule has 35 heavy (non-hydrogen) atoms. The van der Waals surface area contributed by atoms with Gasteiger partial charge in [-0.15, -0.1) is 0 Å². The van der Waals surface area contributed by atoms with Gasteiger partial charge in [0.25, 0.3) is 0 Å². The topological polar surface area (TPSA) is 79.5 Å². The Morgan fingerprint density at radius 2 is 2.06 bits per heavy atom. The standard InChI is InChI=1S/C27H37FN6O/c1-3-16-12-19(35)4-5-20(16)21-6-7-22-25(24(21)28)31-32-26(22)27-29-13-23(30-27)17-8-10-34(11-9-17)18-14-33(2)15-18/h4-5,8,12-13,18,21-22,24-26,31-32,35H,3,6-7,9-11,14-15H2,1-2H3,(H,29,30). The number of benzene rings is 1. The Hall–Kier alpha value is -2.26. The summed E-state index contributed by atoms with van der Waals surface area (Å²) in [5.74, 6) is 1.14. The second-order valence-electron chi connectivity index (χ2n) is 10.9. The second-order valence-corrected chi connectivity index (χ2v) is 10.9. The number of nitrogens with zero attached hydrogens (tertiary/aromatic N) is 3. The predicted octanol–water partition coefficient (Wildman–Crippen LogP) is 3.13. The van der Waals surface area contributed by atoms with Crippen LogP contribution in [0, 0.1) is 5.92 Å². The maximum Gasteiger partial charge on any atom is 0.125 e. The minimum atomic E-state index is -0.992. The van der Waals surface area contributed by atoms with E-state index in [4.69, 9.17) is 4.98 Å². The van der Waals surface area contributed by atoms with Crippen molar-refractivity contribution in [2.75, 3.05) is 33.2 Å². The fourth-order valence-corrected chi connectivity index (χ4v) is 6.73. The monoisotopic (exact) mass is 480 g/mol. The van der Waals surface area contributed by atoms with Crippen LogP contribution in [0.5, 0.6) is 5.75 Å². The lowest BCUT2D eigenvalue weighted by Gasteiger charge is -2.44. The molecule has 6 rings (SSSR count). The number of phenols is 1. The van der Waals surface area contributed by atoms with Gasteiger partial charge in [0.15, 0.2) is 0 Å². The van der Waals surface area contributed by atoms with E-state index in [9.17, 15) is 5.11 Å². The van der Waals surface area contributed by atoms with Crippen LogP contribution in [-0.4, -0.2) is 76.4 Å². The van der Waals surface area contributed by atoms with E-state index in [2.05, 4.69) is 45.7 Å². The minimum Gasteiger partial charge on any atom is -0.508 e. The number of likely N-dealkylation sites (N-methyl/N-ethyl adjacent to an activating group) is 1. The normalized spacial score (nSPS) is 32.3. The number of hydrogen-bond donors (Lipinski definition) is 4. The molecular weight excluding hydrogens is 443 g/mol. The van der Waals surface area contributed by atoms with Crippen LogP contribution in [0.15, 0.2) is 30.5 Å². The molecule has 5 unspecified atom stereocenters. The highest BCUT2D eigenvalue weighted by Gasteiger charge is 2.48. The van der Waals surface area contributed by atoms with Crippen molar-refractivity contribution in [3.8, 4) is 5.75 Å². The molecule has 3 fully saturated rings. The third kappa shape index (κ3) is 4.20. The third-order valence-corrected chi connectivity index (χ3v) is 8.78. The van der Waals surface area contributed by atoms with Gasteiger partial charge in [-0.2, -0.15) is 0 Å². The van der Waals surface area contributed by atoms with E-state index in [1.54, 1.807) is 12.1 Å². The first-order chi connectivity index (χ1) is 17.0. The van der Waals surface area contributed by atoms with Crippen molar-refractivity contribution in [2.24, 2.45) is 5.92 Å². The van der Waals surface area contributed by atoms with Crippen LogP contribution in [0.2, 0.25) is 0 Å². The van der Waals surface area contributed by atoms with Gasteiger partial charge in [0.1, 0.15) is 17.7 Å². The number of likely N-dealkylation sites (tertiary alicyclic amines) is 1. The van der Waals surface area contributed by atoms with E-state index in [0.29, 0.717) is 6.04 Å². The number of hydrogen-bond acceptors (Lipinski definition) is 6. The van der Waals surface area contributed by atoms with Crippen LogP contribution < -0.4 is 10.9 Å². The largest absolute Gasteiger partial charge is 0.508 e. The quantitative estimate of drug-likeness (QED) is 0.527. The van der Waals surface area contributed by atoms with Gasteiger partial charge in [0.05, 0.1) is 24.0 Å². The summed E-state index contributed by atoms with van der Waals surface area (Å²) in [6.07, 6.45) is 6.84. The number of aromatic hydroxyl groups is 1. The van der Waals surface area contributed by atoms with E-state index in [0.717, 1.165) is 61.4 Å². The Morgan fingerprint density at radius 3 is 2.80 bits per heavy atom. The molecule has 1 aromatic carbocycles. The van der Waals surface area contributed by atoms with Gasteiger partial charge in [-0.3, -0.25) is 10.3 Å². The fraction of sp³-hybridized carbons (Fsp3) is 0.593. The zero-order chi connectivity index (χ0) is 24.1. The van der Waals surface area contributed by atoms with Crippen LogP contribution in [0.1, 0.15) is 60.8 Å². The Morgan fingerprint density at radius 1 is 1.20 bits per heavy atom. The Bertz CT molecular complexity index is 1100. The van der Waals surface area contributed by atoms with Crippen LogP contribution >= 0.6 is 0 Å². The summed E-state index contributed by atoms with van der Waals surface area (Å²) in [7, 11) is 2.18. The number of imidazole rings is 1. The number of H-pyrrole nitrogens is 1. The molecule has 2 aromatic rings. The Labute approximate surface area is 206 Å². The molecule has 7 nitrogen and oxygen atoms in total. The predicted molar refractivity (Wildman–Crippen MR) is 135 cm³/mol. The van der Waals surface area contributed by atoms with Crippen molar-refractivity contribution in [1.82, 2.24) is 30.6 Å². The number of phenolic OH excluding ortho intramolecular Hbond substituents is 1. The van der Waals surface area contributed by atoms with Gasteiger partial charge in [0.2, 0.25) is 0 Å². The summed E-state index contributed by atoms with van der Waals surface area (Å²) in [4.78, 5) is 13.2. The van der Waals surface area contributed by atoms with E-state index in [-0.39, 0.29) is 29.7 Å². The van der Waals surface area contributed by atoms with Gasteiger partial charge < -0.3 is 15.0 Å². The zero-order valence-corrected chi connectivity index (χ0v) is 20.7. The van der Waals surface area contributed by atoms with E-state index < -0.39 is 6.17 Å². The number of rotatable bonds is 5. The number of nitrogens with one attached hydrogen (secondary N) is 3. The number of alkyl halides is 1. The zero-order valence-electron chi connectivity index (χ0n) is 20.7. The third-order valence-electron chi connectivity index (χ3n) is 8.78. The van der Waals surface area contributed by atoms with Crippen molar-refractivity contribution in [3.05, 3.63) is 53.1 Å². The molecule has 1 aromatic heterocycles. The second kappa shape index (κ2) is 9.32. The summed E-state index contributed by atoms with van der Waals surface area (Å²) < 4.78 is 15.8. The first-order valence-corrected chi connectivity index (χ1v) is 13.2. The molecule has 2 saturated heterocycles. The lowest BCUT2D eigenvalue weighted by molar-refractivity contribution is 0.0599. The van der Waals surface area contributed by atoms with Crippen LogP contribution in [0.4, 0.5) is 4.39 Å². The molecule has 0 radical (unpaired) electrons. The number of hydrazine groups is 1. The van der Waals surface area contributed by atoms with E-state index in [1.807, 2.05) is 12.3 Å². The van der Waals surface area contributed by atoms with Crippen molar-refractivity contribution >= 4 is 5.57 Å². The van der Waals surface area contributed by atoms with Gasteiger partial charge >= 0.3 is 0 Å². The Kier molecular flexibility index (Phi) is 6.16. The summed E-state index contributed by atoms with van der Waals surface area (Å²) in [5, 5.41) is 9.87. The number of aromatic amines is 1. The molecule has 4 N–H and O–H groups in total. The highest BCUT2D eigenvalue weighted by molar-refractivity contribution is 5.63. The molecule has 0 bridgehead atoms.